The predicted molar refractivity (Wildman–Crippen MR) is 49.5 cm³/mol. The minimum atomic E-state index is -0.853. The lowest BCUT2D eigenvalue weighted by molar-refractivity contribution is -0.117. The van der Waals surface area contributed by atoms with E-state index < -0.39 is 11.9 Å². The summed E-state index contributed by atoms with van der Waals surface area (Å²) in [5, 5.41) is 9.92. The molecule has 0 saturated heterocycles. The van der Waals surface area contributed by atoms with Gasteiger partial charge in [-0.2, -0.15) is 0 Å². The zero-order chi connectivity index (χ0) is 10.6. The van der Waals surface area contributed by atoms with E-state index in [0.29, 0.717) is 5.16 Å². The van der Waals surface area contributed by atoms with Gasteiger partial charge < -0.3 is 10.3 Å². The number of nitrogens with two attached hydrogens (primary N) is 1. The number of amides is 3. The molecule has 3 amide bonds. The second-order valence-electron chi connectivity index (χ2n) is 2.43. The first-order valence-corrected chi connectivity index (χ1v) is 4.64. The summed E-state index contributed by atoms with van der Waals surface area (Å²) in [5.74, 6) is -0.374. The van der Waals surface area contributed by atoms with Crippen LogP contribution in [-0.4, -0.2) is 32.5 Å². The highest BCUT2D eigenvalue weighted by atomic mass is 32.2. The van der Waals surface area contributed by atoms with Gasteiger partial charge in [-0.1, -0.05) is 11.8 Å². The second-order valence-corrected chi connectivity index (χ2v) is 3.37. The molecule has 0 unspecified atom stereocenters. The summed E-state index contributed by atoms with van der Waals surface area (Å²) in [6.45, 7) is 0. The molecule has 14 heavy (non-hydrogen) atoms. The first-order chi connectivity index (χ1) is 6.59. The number of hydrogen-bond acceptors (Lipinski definition) is 5. The van der Waals surface area contributed by atoms with Crippen LogP contribution in [0.15, 0.2) is 11.5 Å². The van der Waals surface area contributed by atoms with Crippen LogP contribution in [0.25, 0.3) is 0 Å². The summed E-state index contributed by atoms with van der Waals surface area (Å²) in [5.41, 5.74) is 4.76. The maximum absolute atomic E-state index is 11.0. The Hall–Kier alpha value is -1.57. The zero-order valence-corrected chi connectivity index (χ0v) is 8.24. The fourth-order valence-corrected chi connectivity index (χ4v) is 1.39. The van der Waals surface area contributed by atoms with Crippen LogP contribution in [0.4, 0.5) is 4.79 Å². The molecule has 8 heteroatoms. The van der Waals surface area contributed by atoms with E-state index in [9.17, 15) is 9.59 Å². The molecular formula is C6H9N5O2S. The molecule has 0 aliphatic heterocycles. The number of hydrogen-bond donors (Lipinski definition) is 2. The van der Waals surface area contributed by atoms with E-state index in [4.69, 9.17) is 5.73 Å². The van der Waals surface area contributed by atoms with Crippen LogP contribution < -0.4 is 11.1 Å². The van der Waals surface area contributed by atoms with Crippen molar-refractivity contribution in [3.05, 3.63) is 6.33 Å². The number of nitrogens with one attached hydrogen (secondary N) is 1. The van der Waals surface area contributed by atoms with Gasteiger partial charge in [0.05, 0.1) is 5.75 Å². The van der Waals surface area contributed by atoms with Gasteiger partial charge in [-0.25, -0.2) is 4.79 Å². The molecule has 76 valence electrons. The Kier molecular flexibility index (Phi) is 3.46. The number of urea groups is 1. The third-order valence-corrected chi connectivity index (χ3v) is 2.30. The van der Waals surface area contributed by atoms with Gasteiger partial charge in [0, 0.05) is 7.05 Å². The van der Waals surface area contributed by atoms with Gasteiger partial charge in [0.15, 0.2) is 5.16 Å². The molecule has 0 aliphatic carbocycles. The minimum Gasteiger partial charge on any atom is -0.351 e. The number of imide groups is 1. The lowest BCUT2D eigenvalue weighted by atomic mass is 10.7. The van der Waals surface area contributed by atoms with E-state index in [0.717, 1.165) is 0 Å². The Morgan fingerprint density at radius 1 is 1.71 bits per heavy atom. The van der Waals surface area contributed by atoms with Gasteiger partial charge in [-0.15, -0.1) is 10.2 Å². The number of rotatable bonds is 3. The topological polar surface area (TPSA) is 103 Å². The molecule has 0 aliphatic rings. The number of aryl methyl sites for hydroxylation is 1. The molecule has 0 radical (unpaired) electrons. The summed E-state index contributed by atoms with van der Waals surface area (Å²) in [4.78, 5) is 21.3. The largest absolute Gasteiger partial charge is 0.351 e. The van der Waals surface area contributed by atoms with Crippen LogP contribution in [0.3, 0.4) is 0 Å². The first-order valence-electron chi connectivity index (χ1n) is 3.65. The average Bonchev–Trinajstić information content (AvgIpc) is 2.46. The summed E-state index contributed by atoms with van der Waals surface area (Å²) >= 11 is 1.17. The first kappa shape index (κ1) is 10.5. The highest BCUT2D eigenvalue weighted by Crippen LogP contribution is 2.12. The van der Waals surface area contributed by atoms with Crippen LogP contribution in [0.5, 0.6) is 0 Å². The monoisotopic (exact) mass is 215 g/mol. The third-order valence-electron chi connectivity index (χ3n) is 1.26. The Morgan fingerprint density at radius 2 is 2.43 bits per heavy atom. The fraction of sp³-hybridized carbons (Fsp3) is 0.333. The van der Waals surface area contributed by atoms with Gasteiger partial charge in [-0.3, -0.25) is 10.1 Å². The van der Waals surface area contributed by atoms with Gasteiger partial charge in [0.2, 0.25) is 5.91 Å². The number of thioether (sulfide) groups is 1. The molecule has 0 aromatic carbocycles. The quantitative estimate of drug-likeness (QED) is 0.636. The minimum absolute atomic E-state index is 0.0788. The van der Waals surface area contributed by atoms with Crippen LogP contribution in [0.1, 0.15) is 0 Å². The summed E-state index contributed by atoms with van der Waals surface area (Å²) < 4.78 is 1.67. The van der Waals surface area contributed by atoms with E-state index in [1.807, 2.05) is 5.32 Å². The molecule has 3 N–H and O–H groups in total. The van der Waals surface area contributed by atoms with E-state index >= 15 is 0 Å². The van der Waals surface area contributed by atoms with Crippen molar-refractivity contribution in [3.63, 3.8) is 0 Å². The zero-order valence-electron chi connectivity index (χ0n) is 7.43. The fourth-order valence-electron chi connectivity index (χ4n) is 0.707. The van der Waals surface area contributed by atoms with Crippen molar-refractivity contribution in [1.82, 2.24) is 20.1 Å². The Morgan fingerprint density at radius 3 is 2.93 bits per heavy atom. The Bertz CT molecular complexity index is 350. The van der Waals surface area contributed by atoms with Crippen molar-refractivity contribution in [3.8, 4) is 0 Å². The van der Waals surface area contributed by atoms with Gasteiger partial charge in [-0.05, 0) is 0 Å². The van der Waals surface area contributed by atoms with Crippen LogP contribution in [0.2, 0.25) is 0 Å². The van der Waals surface area contributed by atoms with Crippen LogP contribution >= 0.6 is 11.8 Å². The van der Waals surface area contributed by atoms with Gasteiger partial charge >= 0.3 is 6.03 Å². The summed E-state index contributed by atoms with van der Waals surface area (Å²) in [7, 11) is 1.76. The molecule has 0 fully saturated rings. The molecule has 0 atom stereocenters. The predicted octanol–water partition coefficient (Wildman–Crippen LogP) is -0.898. The molecule has 1 aromatic heterocycles. The van der Waals surface area contributed by atoms with Gasteiger partial charge in [0.1, 0.15) is 6.33 Å². The average molecular weight is 215 g/mol. The lowest BCUT2D eigenvalue weighted by Gasteiger charge is -1.99. The lowest BCUT2D eigenvalue weighted by Crippen LogP contribution is -2.36. The highest BCUT2D eigenvalue weighted by molar-refractivity contribution is 7.99. The molecule has 1 rings (SSSR count). The number of primary amides is 1. The van der Waals surface area contributed by atoms with Crippen molar-refractivity contribution in [2.45, 2.75) is 5.16 Å². The molecule has 7 nitrogen and oxygen atoms in total. The van der Waals surface area contributed by atoms with Crippen molar-refractivity contribution in [2.24, 2.45) is 12.8 Å². The van der Waals surface area contributed by atoms with E-state index in [1.54, 1.807) is 11.6 Å². The molecule has 0 spiro atoms. The molecule has 0 bridgehead atoms. The van der Waals surface area contributed by atoms with E-state index in [-0.39, 0.29) is 5.75 Å². The SMILES string of the molecule is Cn1cnnc1SCC(=O)NC(N)=O. The summed E-state index contributed by atoms with van der Waals surface area (Å²) in [6.07, 6.45) is 1.52. The van der Waals surface area contributed by atoms with Gasteiger partial charge in [0.25, 0.3) is 0 Å². The van der Waals surface area contributed by atoms with E-state index in [2.05, 4.69) is 10.2 Å². The van der Waals surface area contributed by atoms with Crippen molar-refractivity contribution >= 4 is 23.7 Å². The Labute approximate surface area is 84.1 Å². The molecule has 0 saturated carbocycles. The van der Waals surface area contributed by atoms with Crippen molar-refractivity contribution in [2.75, 3.05) is 5.75 Å². The third kappa shape index (κ3) is 3.05. The van der Waals surface area contributed by atoms with Crippen molar-refractivity contribution < 1.29 is 9.59 Å². The Balaban J connectivity index is 2.38. The van der Waals surface area contributed by atoms with Crippen LogP contribution in [0, 0.1) is 0 Å². The maximum atomic E-state index is 11.0. The molecule has 1 aromatic rings. The van der Waals surface area contributed by atoms with Crippen molar-refractivity contribution in [1.29, 1.82) is 0 Å². The number of aromatic nitrogens is 3. The highest BCUT2D eigenvalue weighted by Gasteiger charge is 2.07. The maximum Gasteiger partial charge on any atom is 0.318 e. The summed E-state index contributed by atoms with van der Waals surface area (Å²) in [6, 6.07) is -0.853. The van der Waals surface area contributed by atoms with Crippen LogP contribution in [-0.2, 0) is 11.8 Å². The number of carbonyl (C=O) groups is 2. The molecular weight excluding hydrogens is 206 g/mol. The van der Waals surface area contributed by atoms with E-state index in [1.165, 1.54) is 18.1 Å². The standard InChI is InChI=1S/C6H9N5O2S/c1-11-3-8-10-6(11)14-2-4(12)9-5(7)13/h3H,2H2,1H3,(H3,7,9,12,13). The number of carbonyl (C=O) groups excluding carboxylic acids is 2. The number of nitrogens with zero attached hydrogens (tertiary/aromatic N) is 3. The smallest absolute Gasteiger partial charge is 0.318 e. The second kappa shape index (κ2) is 4.61. The molecule has 1 heterocycles. The normalized spacial score (nSPS) is 9.79.